The molecule has 3 fully saturated rings. The van der Waals surface area contributed by atoms with Crippen molar-refractivity contribution in [3.05, 3.63) is 47.8 Å². The zero-order valence-electron chi connectivity index (χ0n) is 20.1. The highest BCUT2D eigenvalue weighted by atomic mass is 16.6. The Morgan fingerprint density at radius 3 is 2.42 bits per heavy atom. The van der Waals surface area contributed by atoms with E-state index in [0.29, 0.717) is 0 Å². The summed E-state index contributed by atoms with van der Waals surface area (Å²) in [6.45, 7) is 10.2. The van der Waals surface area contributed by atoms with Crippen LogP contribution in [0.4, 0.5) is 5.69 Å². The maximum atomic E-state index is 12.8. The predicted octanol–water partition coefficient (Wildman–Crippen LogP) is 2.84. The number of aromatic nitrogens is 2. The number of hydrogen-bond acceptors (Lipinski definition) is 6. The fourth-order valence-electron chi connectivity index (χ4n) is 5.67. The first-order valence-corrected chi connectivity index (χ1v) is 12.4. The summed E-state index contributed by atoms with van der Waals surface area (Å²) in [5, 5.41) is 4.27. The van der Waals surface area contributed by atoms with E-state index in [2.05, 4.69) is 57.2 Å². The van der Waals surface area contributed by atoms with Crippen molar-refractivity contribution in [1.82, 2.24) is 19.6 Å². The summed E-state index contributed by atoms with van der Waals surface area (Å²) < 4.78 is 7.75. The summed E-state index contributed by atoms with van der Waals surface area (Å²) in [6, 6.07) is 8.83. The van der Waals surface area contributed by atoms with Gasteiger partial charge < -0.3 is 9.64 Å². The standard InChI is InChI=1S/C26H37N5O2/c1-21-3-5-23(6-4-21)31-15-13-29(14-16-31)10-7-24-17-26(25(32)33-24)8-11-30(12-9-26)20-22-18-27-28(2)19-22/h3-6,18-19,24H,7-17,20H2,1-2H3. The van der Waals surface area contributed by atoms with Crippen LogP contribution >= 0.6 is 0 Å². The topological polar surface area (TPSA) is 53.8 Å². The highest BCUT2D eigenvalue weighted by Crippen LogP contribution is 2.44. The third kappa shape index (κ3) is 5.09. The lowest BCUT2D eigenvalue weighted by atomic mass is 9.75. The largest absolute Gasteiger partial charge is 0.462 e. The van der Waals surface area contributed by atoms with E-state index in [0.717, 1.165) is 78.0 Å². The van der Waals surface area contributed by atoms with Gasteiger partial charge in [-0.3, -0.25) is 19.3 Å². The maximum Gasteiger partial charge on any atom is 0.312 e. The van der Waals surface area contributed by atoms with Crippen LogP contribution in [0.5, 0.6) is 0 Å². The van der Waals surface area contributed by atoms with Gasteiger partial charge >= 0.3 is 5.97 Å². The second-order valence-corrected chi connectivity index (χ2v) is 10.3. The van der Waals surface area contributed by atoms with Crippen molar-refractivity contribution >= 4 is 11.7 Å². The third-order valence-corrected chi connectivity index (χ3v) is 7.84. The molecule has 33 heavy (non-hydrogen) atoms. The van der Waals surface area contributed by atoms with E-state index < -0.39 is 0 Å². The van der Waals surface area contributed by atoms with Crippen LogP contribution in [0.25, 0.3) is 0 Å². The van der Waals surface area contributed by atoms with Gasteiger partial charge in [0.05, 0.1) is 11.6 Å². The molecule has 0 amide bonds. The van der Waals surface area contributed by atoms with Gasteiger partial charge in [0.1, 0.15) is 6.10 Å². The number of carbonyl (C=O) groups is 1. The van der Waals surface area contributed by atoms with E-state index in [1.807, 2.05) is 17.9 Å². The molecule has 0 saturated carbocycles. The van der Waals surface area contributed by atoms with Gasteiger partial charge in [-0.2, -0.15) is 5.10 Å². The van der Waals surface area contributed by atoms with Crippen molar-refractivity contribution in [2.24, 2.45) is 12.5 Å². The van der Waals surface area contributed by atoms with Gasteiger partial charge in [0.15, 0.2) is 0 Å². The van der Waals surface area contributed by atoms with Gasteiger partial charge in [-0.25, -0.2) is 0 Å². The first-order valence-electron chi connectivity index (χ1n) is 12.4. The molecule has 3 aliphatic heterocycles. The number of likely N-dealkylation sites (tertiary alicyclic amines) is 1. The molecule has 0 bridgehead atoms. The van der Waals surface area contributed by atoms with Crippen molar-refractivity contribution in [2.45, 2.75) is 45.3 Å². The molecule has 178 valence electrons. The third-order valence-electron chi connectivity index (χ3n) is 7.84. The molecule has 7 heteroatoms. The lowest BCUT2D eigenvalue weighted by Gasteiger charge is -2.37. The molecular formula is C26H37N5O2. The number of carbonyl (C=O) groups excluding carboxylic acids is 1. The van der Waals surface area contributed by atoms with Gasteiger partial charge in [0.2, 0.25) is 0 Å². The summed E-state index contributed by atoms with van der Waals surface area (Å²) >= 11 is 0. The van der Waals surface area contributed by atoms with Crippen LogP contribution in [0.2, 0.25) is 0 Å². The Labute approximate surface area is 197 Å². The number of piperidine rings is 1. The van der Waals surface area contributed by atoms with E-state index >= 15 is 0 Å². The highest BCUT2D eigenvalue weighted by molar-refractivity contribution is 5.79. The summed E-state index contributed by atoms with van der Waals surface area (Å²) in [4.78, 5) is 20.3. The number of hydrogen-bond donors (Lipinski definition) is 0. The highest BCUT2D eigenvalue weighted by Gasteiger charge is 2.50. The zero-order valence-corrected chi connectivity index (χ0v) is 20.1. The second kappa shape index (κ2) is 9.47. The molecule has 4 heterocycles. The number of nitrogens with zero attached hydrogens (tertiary/aromatic N) is 5. The summed E-state index contributed by atoms with van der Waals surface area (Å²) in [5.74, 6) is 0.0534. The Bertz CT molecular complexity index is 940. The first-order chi connectivity index (χ1) is 16.0. The lowest BCUT2D eigenvalue weighted by Crippen LogP contribution is -2.47. The van der Waals surface area contributed by atoms with Crippen molar-refractivity contribution < 1.29 is 9.53 Å². The van der Waals surface area contributed by atoms with Crippen LogP contribution in [0.3, 0.4) is 0 Å². The first kappa shape index (κ1) is 22.4. The number of benzene rings is 1. The Morgan fingerprint density at radius 2 is 1.76 bits per heavy atom. The van der Waals surface area contributed by atoms with Crippen LogP contribution in [-0.4, -0.2) is 77.5 Å². The number of piperazine rings is 1. The number of ether oxygens (including phenoxy) is 1. The molecule has 3 saturated heterocycles. The summed E-state index contributed by atoms with van der Waals surface area (Å²) in [5.41, 5.74) is 3.62. The Balaban J connectivity index is 1.05. The van der Waals surface area contributed by atoms with Gasteiger partial charge in [-0.1, -0.05) is 17.7 Å². The molecule has 1 aromatic heterocycles. The smallest absolute Gasteiger partial charge is 0.312 e. The lowest BCUT2D eigenvalue weighted by molar-refractivity contribution is -0.151. The summed E-state index contributed by atoms with van der Waals surface area (Å²) in [7, 11) is 1.95. The van der Waals surface area contributed by atoms with Gasteiger partial charge in [-0.15, -0.1) is 0 Å². The molecule has 0 radical (unpaired) electrons. The molecule has 5 rings (SSSR count). The van der Waals surface area contributed by atoms with Gasteiger partial charge in [-0.05, 0) is 51.4 Å². The molecule has 1 aromatic carbocycles. The second-order valence-electron chi connectivity index (χ2n) is 10.3. The van der Waals surface area contributed by atoms with E-state index in [4.69, 9.17) is 4.74 Å². The van der Waals surface area contributed by atoms with Crippen LogP contribution < -0.4 is 4.90 Å². The molecule has 7 nitrogen and oxygen atoms in total. The number of rotatable bonds is 6. The van der Waals surface area contributed by atoms with Gasteiger partial charge in [0, 0.05) is 70.2 Å². The van der Waals surface area contributed by atoms with Crippen molar-refractivity contribution in [2.75, 3.05) is 50.7 Å². The fraction of sp³-hybridized carbons (Fsp3) is 0.615. The molecule has 0 aliphatic carbocycles. The van der Waals surface area contributed by atoms with E-state index in [1.54, 1.807) is 0 Å². The molecule has 2 aromatic rings. The van der Waals surface area contributed by atoms with Crippen molar-refractivity contribution in [3.63, 3.8) is 0 Å². The molecule has 1 spiro atoms. The van der Waals surface area contributed by atoms with Crippen molar-refractivity contribution in [3.8, 4) is 0 Å². The minimum absolute atomic E-state index is 0.0534. The minimum atomic E-state index is -0.250. The minimum Gasteiger partial charge on any atom is -0.462 e. The van der Waals surface area contributed by atoms with Crippen LogP contribution in [0.1, 0.15) is 36.8 Å². The predicted molar refractivity (Wildman–Crippen MR) is 129 cm³/mol. The average Bonchev–Trinajstić information content (AvgIpc) is 3.37. The monoisotopic (exact) mass is 451 g/mol. The zero-order chi connectivity index (χ0) is 22.8. The van der Waals surface area contributed by atoms with Crippen LogP contribution in [0, 0.1) is 12.3 Å². The summed E-state index contributed by atoms with van der Waals surface area (Å²) in [6.07, 6.45) is 7.77. The maximum absolute atomic E-state index is 12.8. The molecule has 3 aliphatic rings. The van der Waals surface area contributed by atoms with E-state index in [9.17, 15) is 4.79 Å². The number of aryl methyl sites for hydroxylation is 2. The van der Waals surface area contributed by atoms with Crippen molar-refractivity contribution in [1.29, 1.82) is 0 Å². The molecule has 1 atom stereocenters. The number of anilines is 1. The van der Waals surface area contributed by atoms with Crippen LogP contribution in [0.15, 0.2) is 36.7 Å². The molecular weight excluding hydrogens is 414 g/mol. The molecule has 0 N–H and O–H groups in total. The quantitative estimate of drug-likeness (QED) is 0.630. The number of cyclic esters (lactones) is 1. The average molecular weight is 452 g/mol. The number of esters is 1. The fourth-order valence-corrected chi connectivity index (χ4v) is 5.67. The Morgan fingerprint density at radius 1 is 1.03 bits per heavy atom. The Hall–Kier alpha value is -2.38. The SMILES string of the molecule is Cc1ccc(N2CCN(CCC3CC4(CCN(Cc5cnn(C)c5)CC4)C(=O)O3)CC2)cc1. The molecule has 1 unspecified atom stereocenters. The normalized spacial score (nSPS) is 23.9. The Kier molecular flexibility index (Phi) is 6.43. The van der Waals surface area contributed by atoms with E-state index in [1.165, 1.54) is 16.8 Å². The van der Waals surface area contributed by atoms with Gasteiger partial charge in [0.25, 0.3) is 0 Å². The van der Waals surface area contributed by atoms with Crippen LogP contribution in [-0.2, 0) is 23.1 Å². The van der Waals surface area contributed by atoms with E-state index in [-0.39, 0.29) is 17.5 Å².